The Morgan fingerprint density at radius 3 is 2.19 bits per heavy atom. The normalized spacial score (nSPS) is 21.0. The number of para-hydroxylation sites is 1. The second-order valence-electron chi connectivity index (χ2n) is 8.67. The van der Waals surface area contributed by atoms with Crippen molar-refractivity contribution in [3.8, 4) is 0 Å². The summed E-state index contributed by atoms with van der Waals surface area (Å²) in [6, 6.07) is 28.1. The number of nitrogens with one attached hydrogen (secondary N) is 1. The number of carbonyl (C=O) groups is 2. The number of carbonyl (C=O) groups excluding carboxylic acids is 2. The van der Waals surface area contributed by atoms with E-state index >= 15 is 0 Å². The molecule has 0 radical (unpaired) electrons. The molecule has 0 saturated carbocycles. The Morgan fingerprint density at radius 2 is 1.53 bits per heavy atom. The van der Waals surface area contributed by atoms with Crippen molar-refractivity contribution in [2.75, 3.05) is 32.0 Å². The third-order valence-electron chi connectivity index (χ3n) is 5.99. The first-order valence-electron chi connectivity index (χ1n) is 11.0. The number of ketones is 1. The van der Waals surface area contributed by atoms with Gasteiger partial charge >= 0.3 is 5.97 Å². The highest BCUT2D eigenvalue weighted by atomic mass is 16.5. The molecule has 5 nitrogen and oxygen atoms in total. The molecule has 0 aliphatic carbocycles. The molecule has 3 atom stereocenters. The van der Waals surface area contributed by atoms with Crippen LogP contribution >= 0.6 is 0 Å². The fourth-order valence-corrected chi connectivity index (χ4v) is 4.29. The number of esters is 1. The molecule has 3 aromatic carbocycles. The molecule has 1 aliphatic rings. The maximum Gasteiger partial charge on any atom is 0.333 e. The minimum absolute atomic E-state index is 0.119. The highest BCUT2D eigenvalue weighted by Gasteiger charge is 2.39. The maximum atomic E-state index is 13.2. The molecule has 32 heavy (non-hydrogen) atoms. The lowest BCUT2D eigenvalue weighted by Gasteiger charge is -2.29. The van der Waals surface area contributed by atoms with Gasteiger partial charge < -0.3 is 14.5 Å². The first-order valence-corrected chi connectivity index (χ1v) is 11.0. The summed E-state index contributed by atoms with van der Waals surface area (Å²) < 4.78 is 6.53. The molecule has 0 spiro atoms. The molecule has 1 heterocycles. The average Bonchev–Trinajstić information content (AvgIpc) is 3.19. The van der Waals surface area contributed by atoms with E-state index in [1.807, 2.05) is 91.0 Å². The summed E-state index contributed by atoms with van der Waals surface area (Å²) in [7, 11) is 2.06. The Hall–Kier alpha value is -3.44. The van der Waals surface area contributed by atoms with Crippen molar-refractivity contribution in [2.24, 2.45) is 0 Å². The maximum absolute atomic E-state index is 13.2. The van der Waals surface area contributed by atoms with E-state index in [4.69, 9.17) is 4.74 Å². The van der Waals surface area contributed by atoms with Crippen molar-refractivity contribution in [3.05, 3.63) is 102 Å². The fraction of sp³-hybridized carbons (Fsp3) is 0.259. The zero-order valence-electron chi connectivity index (χ0n) is 18.3. The Balaban J connectivity index is 1.42. The number of ether oxygens (including phenoxy) is 1. The van der Waals surface area contributed by atoms with Crippen LogP contribution in [-0.2, 0) is 9.53 Å². The van der Waals surface area contributed by atoms with E-state index in [2.05, 4.69) is 12.4 Å². The SMILES string of the molecule is C[N+]1(CC(=O)c2ccccc2)CC[C@@H](OC(=O)C(Nc2ccccc2)c2ccccc2)C1. The molecular weight excluding hydrogens is 400 g/mol. The van der Waals surface area contributed by atoms with Gasteiger partial charge in [0.05, 0.1) is 13.6 Å². The standard InChI is InChI=1S/C27H29N2O3/c1-29(20-25(30)21-11-5-2-6-12-21)18-17-24(19-29)32-27(31)26(22-13-7-3-8-14-22)28-23-15-9-4-10-16-23/h2-16,24,26,28H,17-20H2,1H3/q+1/t24-,26?,29?/m1/s1. The number of nitrogens with zero attached hydrogens (tertiary/aromatic N) is 1. The van der Waals surface area contributed by atoms with Crippen LogP contribution in [0.4, 0.5) is 5.69 Å². The monoisotopic (exact) mass is 429 g/mol. The molecule has 1 saturated heterocycles. The number of likely N-dealkylation sites (N-methyl/N-ethyl adjacent to an activating group) is 1. The summed E-state index contributed by atoms with van der Waals surface area (Å²) in [6.07, 6.45) is 0.539. The van der Waals surface area contributed by atoms with Crippen LogP contribution in [0.5, 0.6) is 0 Å². The van der Waals surface area contributed by atoms with Crippen molar-refractivity contribution in [1.82, 2.24) is 0 Å². The van der Waals surface area contributed by atoms with Gasteiger partial charge in [0.25, 0.3) is 0 Å². The van der Waals surface area contributed by atoms with Gasteiger partial charge in [0, 0.05) is 17.7 Å². The van der Waals surface area contributed by atoms with E-state index in [-0.39, 0.29) is 17.9 Å². The van der Waals surface area contributed by atoms with Crippen molar-refractivity contribution < 1.29 is 18.8 Å². The summed E-state index contributed by atoms with van der Waals surface area (Å²) in [4.78, 5) is 25.9. The zero-order valence-corrected chi connectivity index (χ0v) is 18.3. The number of hydrogen-bond acceptors (Lipinski definition) is 4. The van der Waals surface area contributed by atoms with Gasteiger partial charge in [-0.05, 0) is 17.7 Å². The van der Waals surface area contributed by atoms with Crippen LogP contribution in [0.1, 0.15) is 28.4 Å². The Kier molecular flexibility index (Phi) is 6.66. The topological polar surface area (TPSA) is 55.4 Å². The Morgan fingerprint density at radius 1 is 0.938 bits per heavy atom. The number of likely N-dealkylation sites (tertiary alicyclic amines) is 1. The van der Waals surface area contributed by atoms with Gasteiger partial charge in [0.1, 0.15) is 13.1 Å². The van der Waals surface area contributed by atoms with Gasteiger partial charge in [0.2, 0.25) is 5.78 Å². The van der Waals surface area contributed by atoms with Crippen LogP contribution in [0.25, 0.3) is 0 Å². The van der Waals surface area contributed by atoms with Crippen LogP contribution in [0, 0.1) is 0 Å². The lowest BCUT2D eigenvalue weighted by molar-refractivity contribution is -0.890. The quantitative estimate of drug-likeness (QED) is 0.326. The molecule has 1 fully saturated rings. The van der Waals surface area contributed by atoms with Gasteiger partial charge in [-0.15, -0.1) is 0 Å². The van der Waals surface area contributed by atoms with Gasteiger partial charge in [-0.1, -0.05) is 78.9 Å². The molecule has 0 aromatic heterocycles. The molecule has 2 unspecified atom stereocenters. The molecule has 1 aliphatic heterocycles. The van der Waals surface area contributed by atoms with Crippen molar-refractivity contribution in [1.29, 1.82) is 0 Å². The first kappa shape index (κ1) is 21.8. The zero-order chi connectivity index (χ0) is 22.4. The lowest BCUT2D eigenvalue weighted by Crippen LogP contribution is -2.46. The summed E-state index contributed by atoms with van der Waals surface area (Å²) in [5.41, 5.74) is 2.44. The number of Topliss-reactive ketones (excluding diaryl/α,β-unsaturated/α-hetero) is 1. The van der Waals surface area contributed by atoms with Gasteiger partial charge in [-0.3, -0.25) is 4.79 Å². The van der Waals surface area contributed by atoms with Crippen LogP contribution in [0.2, 0.25) is 0 Å². The van der Waals surface area contributed by atoms with E-state index in [1.54, 1.807) is 0 Å². The van der Waals surface area contributed by atoms with E-state index in [0.29, 0.717) is 17.6 Å². The Bertz CT molecular complexity index is 1040. The van der Waals surface area contributed by atoms with Crippen LogP contribution in [0.15, 0.2) is 91.0 Å². The van der Waals surface area contributed by atoms with Crippen LogP contribution in [0.3, 0.4) is 0 Å². The minimum atomic E-state index is -0.594. The number of quaternary nitrogens is 1. The molecule has 3 aromatic rings. The number of rotatable bonds is 8. The third-order valence-corrected chi connectivity index (χ3v) is 5.99. The van der Waals surface area contributed by atoms with Crippen LogP contribution < -0.4 is 5.32 Å². The number of anilines is 1. The summed E-state index contributed by atoms with van der Waals surface area (Å²) in [5, 5.41) is 3.31. The Labute approximate surface area is 189 Å². The third kappa shape index (κ3) is 5.42. The average molecular weight is 430 g/mol. The predicted octanol–water partition coefficient (Wildman–Crippen LogP) is 4.48. The molecule has 5 heteroatoms. The largest absolute Gasteiger partial charge is 0.454 e. The highest BCUT2D eigenvalue weighted by molar-refractivity contribution is 5.96. The second-order valence-corrected chi connectivity index (χ2v) is 8.67. The molecule has 4 rings (SSSR count). The second kappa shape index (κ2) is 9.79. The van der Waals surface area contributed by atoms with E-state index in [1.165, 1.54) is 0 Å². The van der Waals surface area contributed by atoms with E-state index in [9.17, 15) is 9.59 Å². The van der Waals surface area contributed by atoms with Crippen molar-refractivity contribution in [3.63, 3.8) is 0 Å². The van der Waals surface area contributed by atoms with Gasteiger partial charge in [-0.25, -0.2) is 4.79 Å². The summed E-state index contributed by atoms with van der Waals surface area (Å²) in [6.45, 7) is 1.85. The highest BCUT2D eigenvalue weighted by Crippen LogP contribution is 2.25. The molecular formula is C27H29N2O3+. The lowest BCUT2D eigenvalue weighted by atomic mass is 10.1. The number of hydrogen-bond donors (Lipinski definition) is 1. The first-order chi connectivity index (χ1) is 15.5. The minimum Gasteiger partial charge on any atom is -0.454 e. The fourth-order valence-electron chi connectivity index (χ4n) is 4.29. The summed E-state index contributed by atoms with van der Waals surface area (Å²) in [5.74, 6) is -0.180. The van der Waals surface area contributed by atoms with Gasteiger partial charge in [0.15, 0.2) is 12.1 Å². The van der Waals surface area contributed by atoms with E-state index in [0.717, 1.165) is 29.8 Å². The van der Waals surface area contributed by atoms with Crippen molar-refractivity contribution in [2.45, 2.75) is 18.6 Å². The van der Waals surface area contributed by atoms with Crippen LogP contribution in [-0.4, -0.2) is 49.0 Å². The predicted molar refractivity (Wildman–Crippen MR) is 125 cm³/mol. The van der Waals surface area contributed by atoms with Crippen molar-refractivity contribution >= 4 is 17.4 Å². The molecule has 0 amide bonds. The molecule has 0 bridgehead atoms. The molecule has 1 N–H and O–H groups in total. The summed E-state index contributed by atoms with van der Waals surface area (Å²) >= 11 is 0. The van der Waals surface area contributed by atoms with E-state index < -0.39 is 6.04 Å². The molecule has 164 valence electrons. The van der Waals surface area contributed by atoms with Gasteiger partial charge in [-0.2, -0.15) is 0 Å². The number of benzene rings is 3. The smallest absolute Gasteiger partial charge is 0.333 e.